The maximum absolute atomic E-state index is 12.5. The molecular formula is C16H18N2O4. The summed E-state index contributed by atoms with van der Waals surface area (Å²) in [6.07, 6.45) is 1.79. The maximum Gasteiger partial charge on any atom is 0.309 e. The van der Waals surface area contributed by atoms with Crippen LogP contribution in [0.15, 0.2) is 24.3 Å². The summed E-state index contributed by atoms with van der Waals surface area (Å²) in [6.45, 7) is 1.48. The van der Waals surface area contributed by atoms with E-state index in [9.17, 15) is 14.4 Å². The van der Waals surface area contributed by atoms with Gasteiger partial charge in [0, 0.05) is 0 Å². The Balaban J connectivity index is 1.73. The summed E-state index contributed by atoms with van der Waals surface area (Å²) in [7, 11) is 0. The lowest BCUT2D eigenvalue weighted by Gasteiger charge is -2.31. The Bertz CT molecular complexity index is 624. The first-order valence-electron chi connectivity index (χ1n) is 7.47. The van der Waals surface area contributed by atoms with E-state index in [1.54, 1.807) is 31.2 Å². The molecule has 1 aliphatic carbocycles. The molecule has 0 bridgehead atoms. The summed E-state index contributed by atoms with van der Waals surface area (Å²) in [5, 5.41) is 2.72. The molecule has 1 aromatic rings. The molecule has 1 aliphatic heterocycles. The number of nitrogens with one attached hydrogen (secondary N) is 1. The van der Waals surface area contributed by atoms with Crippen LogP contribution in [-0.2, 0) is 19.1 Å². The van der Waals surface area contributed by atoms with Crippen LogP contribution in [0.25, 0.3) is 0 Å². The van der Waals surface area contributed by atoms with E-state index in [1.165, 1.54) is 4.90 Å². The fourth-order valence-electron chi connectivity index (χ4n) is 2.61. The zero-order valence-corrected chi connectivity index (χ0v) is 12.4. The maximum atomic E-state index is 12.5. The van der Waals surface area contributed by atoms with Gasteiger partial charge in [0.15, 0.2) is 6.10 Å². The molecule has 1 saturated carbocycles. The van der Waals surface area contributed by atoms with Gasteiger partial charge in [-0.05, 0) is 31.9 Å². The molecule has 0 radical (unpaired) electrons. The summed E-state index contributed by atoms with van der Waals surface area (Å²) in [4.78, 5) is 37.5. The highest BCUT2D eigenvalue weighted by molar-refractivity contribution is 6.11. The summed E-state index contributed by atoms with van der Waals surface area (Å²) in [6, 6.07) is 7.07. The summed E-state index contributed by atoms with van der Waals surface area (Å²) in [5.41, 5.74) is 1.21. The number of ether oxygens (including phenoxy) is 1. The van der Waals surface area contributed by atoms with Gasteiger partial charge in [0.1, 0.15) is 6.54 Å². The molecule has 2 aliphatic rings. The minimum atomic E-state index is -0.896. The number of hydrogen-bond donors (Lipinski definition) is 1. The molecule has 1 N–H and O–H groups in total. The van der Waals surface area contributed by atoms with Gasteiger partial charge in [-0.3, -0.25) is 19.3 Å². The third-order valence-corrected chi connectivity index (χ3v) is 4.12. The third-order valence-electron chi connectivity index (χ3n) is 4.12. The molecule has 116 valence electrons. The number of amides is 2. The number of carbonyl (C=O) groups is 3. The minimum Gasteiger partial charge on any atom is -0.452 e. The fraction of sp³-hybridized carbons (Fsp3) is 0.438. The van der Waals surface area contributed by atoms with E-state index in [-0.39, 0.29) is 30.2 Å². The van der Waals surface area contributed by atoms with Crippen molar-refractivity contribution in [2.24, 2.45) is 5.92 Å². The Morgan fingerprint density at radius 2 is 2.05 bits per heavy atom. The van der Waals surface area contributed by atoms with Crippen molar-refractivity contribution < 1.29 is 19.1 Å². The van der Waals surface area contributed by atoms with E-state index in [0.717, 1.165) is 19.3 Å². The first-order chi connectivity index (χ1) is 10.6. The number of hydrogen-bond acceptors (Lipinski definition) is 4. The van der Waals surface area contributed by atoms with E-state index < -0.39 is 6.10 Å². The molecule has 1 heterocycles. The molecule has 2 amide bonds. The lowest BCUT2D eigenvalue weighted by Crippen LogP contribution is -2.47. The van der Waals surface area contributed by atoms with Gasteiger partial charge >= 0.3 is 5.97 Å². The van der Waals surface area contributed by atoms with Gasteiger partial charge in [0.2, 0.25) is 5.91 Å². The number of para-hydroxylation sites is 2. The van der Waals surface area contributed by atoms with Crippen LogP contribution in [0.1, 0.15) is 26.2 Å². The lowest BCUT2D eigenvalue weighted by molar-refractivity contribution is -0.160. The number of esters is 1. The molecule has 1 fully saturated rings. The predicted molar refractivity (Wildman–Crippen MR) is 80.3 cm³/mol. The Morgan fingerprint density at radius 3 is 2.73 bits per heavy atom. The number of anilines is 2. The Morgan fingerprint density at radius 1 is 1.32 bits per heavy atom. The summed E-state index contributed by atoms with van der Waals surface area (Å²) < 4.78 is 5.26. The summed E-state index contributed by atoms with van der Waals surface area (Å²) in [5.74, 6) is -1.03. The van der Waals surface area contributed by atoms with Crippen LogP contribution in [-0.4, -0.2) is 30.4 Å². The standard InChI is InChI=1S/C16H18N2O4/c1-10(22-16(21)11-5-4-6-11)15(20)18-9-14(19)17-12-7-2-3-8-13(12)18/h2-3,7-8,10-11H,4-6,9H2,1H3,(H,17,19)/t10-/m0/s1. The van der Waals surface area contributed by atoms with E-state index in [1.807, 2.05) is 0 Å². The highest BCUT2D eigenvalue weighted by Gasteiger charge is 2.34. The minimum absolute atomic E-state index is 0.0683. The van der Waals surface area contributed by atoms with Crippen molar-refractivity contribution in [2.75, 3.05) is 16.8 Å². The monoisotopic (exact) mass is 302 g/mol. The largest absolute Gasteiger partial charge is 0.452 e. The Labute approximate surface area is 128 Å². The van der Waals surface area contributed by atoms with Crippen LogP contribution in [0.4, 0.5) is 11.4 Å². The van der Waals surface area contributed by atoms with Gasteiger partial charge < -0.3 is 10.1 Å². The van der Waals surface area contributed by atoms with Crippen molar-refractivity contribution in [1.82, 2.24) is 0 Å². The predicted octanol–water partition coefficient (Wildman–Crippen LogP) is 1.70. The van der Waals surface area contributed by atoms with Gasteiger partial charge in [-0.1, -0.05) is 18.6 Å². The first kappa shape index (κ1) is 14.6. The van der Waals surface area contributed by atoms with Crippen molar-refractivity contribution in [3.63, 3.8) is 0 Å². The molecule has 1 aromatic carbocycles. The third kappa shape index (κ3) is 2.68. The van der Waals surface area contributed by atoms with Crippen LogP contribution in [0.2, 0.25) is 0 Å². The molecular weight excluding hydrogens is 284 g/mol. The average Bonchev–Trinajstić information content (AvgIpc) is 2.43. The molecule has 1 atom stereocenters. The molecule has 6 heteroatoms. The van der Waals surface area contributed by atoms with Crippen LogP contribution in [0.5, 0.6) is 0 Å². The van der Waals surface area contributed by atoms with Gasteiger partial charge in [0.05, 0.1) is 17.3 Å². The quantitative estimate of drug-likeness (QED) is 0.862. The van der Waals surface area contributed by atoms with Gasteiger partial charge in [0.25, 0.3) is 5.91 Å². The van der Waals surface area contributed by atoms with Crippen molar-refractivity contribution in [3.05, 3.63) is 24.3 Å². The molecule has 3 rings (SSSR count). The second-order valence-corrected chi connectivity index (χ2v) is 5.70. The van der Waals surface area contributed by atoms with E-state index in [0.29, 0.717) is 11.4 Å². The zero-order valence-electron chi connectivity index (χ0n) is 12.4. The van der Waals surface area contributed by atoms with Crippen LogP contribution < -0.4 is 10.2 Å². The SMILES string of the molecule is C[C@H](OC(=O)C1CCC1)C(=O)N1CC(=O)Nc2ccccc21. The number of rotatable bonds is 3. The van der Waals surface area contributed by atoms with Crippen LogP contribution in [0.3, 0.4) is 0 Å². The van der Waals surface area contributed by atoms with Crippen molar-refractivity contribution in [2.45, 2.75) is 32.3 Å². The van der Waals surface area contributed by atoms with Crippen molar-refractivity contribution in [1.29, 1.82) is 0 Å². The molecule has 0 unspecified atom stereocenters. The van der Waals surface area contributed by atoms with Crippen molar-refractivity contribution >= 4 is 29.2 Å². The summed E-state index contributed by atoms with van der Waals surface area (Å²) >= 11 is 0. The van der Waals surface area contributed by atoms with Gasteiger partial charge in [-0.15, -0.1) is 0 Å². The topological polar surface area (TPSA) is 75.7 Å². The number of benzene rings is 1. The van der Waals surface area contributed by atoms with Crippen LogP contribution >= 0.6 is 0 Å². The molecule has 0 aromatic heterocycles. The molecule has 22 heavy (non-hydrogen) atoms. The Hall–Kier alpha value is -2.37. The highest BCUT2D eigenvalue weighted by Crippen LogP contribution is 2.30. The molecule has 6 nitrogen and oxygen atoms in total. The number of nitrogens with zero attached hydrogens (tertiary/aromatic N) is 1. The van der Waals surface area contributed by atoms with Gasteiger partial charge in [-0.25, -0.2) is 0 Å². The zero-order chi connectivity index (χ0) is 15.7. The van der Waals surface area contributed by atoms with Crippen LogP contribution in [0, 0.1) is 5.92 Å². The normalized spacial score (nSPS) is 18.8. The Kier molecular flexibility index (Phi) is 3.83. The average molecular weight is 302 g/mol. The smallest absolute Gasteiger partial charge is 0.309 e. The first-order valence-corrected chi connectivity index (χ1v) is 7.47. The van der Waals surface area contributed by atoms with E-state index >= 15 is 0 Å². The number of carbonyl (C=O) groups excluding carboxylic acids is 3. The van der Waals surface area contributed by atoms with E-state index in [4.69, 9.17) is 4.74 Å². The second kappa shape index (κ2) is 5.79. The van der Waals surface area contributed by atoms with E-state index in [2.05, 4.69) is 5.32 Å². The molecule has 0 saturated heterocycles. The highest BCUT2D eigenvalue weighted by atomic mass is 16.5. The second-order valence-electron chi connectivity index (χ2n) is 5.70. The van der Waals surface area contributed by atoms with Gasteiger partial charge in [-0.2, -0.15) is 0 Å². The van der Waals surface area contributed by atoms with Crippen molar-refractivity contribution in [3.8, 4) is 0 Å². The lowest BCUT2D eigenvalue weighted by atomic mass is 9.86. The molecule has 0 spiro atoms. The number of fused-ring (bicyclic) bond motifs is 1. The fourth-order valence-corrected chi connectivity index (χ4v) is 2.61.